The number of benzene rings is 1. The van der Waals surface area contributed by atoms with Gasteiger partial charge in [-0.3, -0.25) is 14.5 Å². The summed E-state index contributed by atoms with van der Waals surface area (Å²) in [5, 5.41) is 2.61. The maximum Gasteiger partial charge on any atom is 0.307 e. The molecule has 5 heteroatoms. The molecular formula is C17H24N2O3. The third-order valence-electron chi connectivity index (χ3n) is 3.80. The number of amides is 1. The van der Waals surface area contributed by atoms with Gasteiger partial charge in [0.2, 0.25) is 0 Å². The van der Waals surface area contributed by atoms with Crippen LogP contribution in [-0.4, -0.2) is 43.0 Å². The number of carbonyl (C=O) groups is 2. The standard InChI is InChI=1S/C17H24N2O3/c1-3-22-16(20)10-11-19(15-8-9-15)12-13-4-6-14(7-5-13)17(21)18-2/h4-7,15H,3,8-12H2,1-2H3,(H,18,21). The van der Waals surface area contributed by atoms with Gasteiger partial charge in [0, 0.05) is 31.7 Å². The van der Waals surface area contributed by atoms with Crippen molar-refractivity contribution in [2.45, 2.75) is 38.8 Å². The summed E-state index contributed by atoms with van der Waals surface area (Å²) in [6.07, 6.45) is 2.82. The van der Waals surface area contributed by atoms with Gasteiger partial charge in [0.05, 0.1) is 13.0 Å². The van der Waals surface area contributed by atoms with E-state index in [0.717, 1.165) is 18.7 Å². The molecule has 1 aromatic carbocycles. The largest absolute Gasteiger partial charge is 0.466 e. The van der Waals surface area contributed by atoms with Crippen LogP contribution in [0.4, 0.5) is 0 Å². The monoisotopic (exact) mass is 304 g/mol. The molecule has 1 aliphatic rings. The second-order valence-electron chi connectivity index (χ2n) is 5.53. The van der Waals surface area contributed by atoms with Crippen LogP contribution < -0.4 is 5.32 Å². The summed E-state index contributed by atoms with van der Waals surface area (Å²) < 4.78 is 4.99. The van der Waals surface area contributed by atoms with E-state index in [9.17, 15) is 9.59 Å². The average molecular weight is 304 g/mol. The summed E-state index contributed by atoms with van der Waals surface area (Å²) in [6.45, 7) is 3.78. The zero-order valence-electron chi connectivity index (χ0n) is 13.3. The predicted molar refractivity (Wildman–Crippen MR) is 84.5 cm³/mol. The SMILES string of the molecule is CCOC(=O)CCN(Cc1ccc(C(=O)NC)cc1)C1CC1. The fraction of sp³-hybridized carbons (Fsp3) is 0.529. The highest BCUT2D eigenvalue weighted by Gasteiger charge is 2.29. The molecule has 1 amide bonds. The first kappa shape index (κ1) is 16.5. The number of rotatable bonds is 8. The molecule has 22 heavy (non-hydrogen) atoms. The first-order valence-corrected chi connectivity index (χ1v) is 7.84. The molecule has 0 heterocycles. The van der Waals surface area contributed by atoms with E-state index in [1.54, 1.807) is 7.05 Å². The number of esters is 1. The number of carbonyl (C=O) groups excluding carboxylic acids is 2. The lowest BCUT2D eigenvalue weighted by molar-refractivity contribution is -0.143. The Hall–Kier alpha value is -1.88. The smallest absolute Gasteiger partial charge is 0.307 e. The number of hydrogen-bond acceptors (Lipinski definition) is 4. The van der Waals surface area contributed by atoms with E-state index in [-0.39, 0.29) is 11.9 Å². The molecule has 1 N–H and O–H groups in total. The summed E-state index contributed by atoms with van der Waals surface area (Å²) in [5.41, 5.74) is 1.82. The van der Waals surface area contributed by atoms with Gasteiger partial charge >= 0.3 is 5.97 Å². The quantitative estimate of drug-likeness (QED) is 0.746. The fourth-order valence-corrected chi connectivity index (χ4v) is 2.44. The van der Waals surface area contributed by atoms with E-state index >= 15 is 0 Å². The molecule has 1 fully saturated rings. The molecule has 0 aliphatic heterocycles. The molecule has 0 saturated heterocycles. The zero-order chi connectivity index (χ0) is 15.9. The van der Waals surface area contributed by atoms with E-state index < -0.39 is 0 Å². The first-order valence-electron chi connectivity index (χ1n) is 7.84. The summed E-state index contributed by atoms with van der Waals surface area (Å²) in [7, 11) is 1.63. The molecule has 2 rings (SSSR count). The molecule has 0 bridgehead atoms. The van der Waals surface area contributed by atoms with Crippen LogP contribution in [0.25, 0.3) is 0 Å². The molecule has 0 aromatic heterocycles. The van der Waals surface area contributed by atoms with Gasteiger partial charge in [-0.05, 0) is 37.5 Å². The van der Waals surface area contributed by atoms with Gasteiger partial charge in [-0.25, -0.2) is 0 Å². The molecule has 1 aliphatic carbocycles. The molecule has 1 aromatic rings. The third-order valence-corrected chi connectivity index (χ3v) is 3.80. The van der Waals surface area contributed by atoms with Gasteiger partial charge in [-0.15, -0.1) is 0 Å². The molecule has 0 unspecified atom stereocenters. The molecular weight excluding hydrogens is 280 g/mol. The van der Waals surface area contributed by atoms with Crippen LogP contribution in [-0.2, 0) is 16.1 Å². The maximum absolute atomic E-state index is 11.5. The number of ether oxygens (including phenoxy) is 1. The van der Waals surface area contributed by atoms with Gasteiger partial charge < -0.3 is 10.1 Å². The summed E-state index contributed by atoms with van der Waals surface area (Å²) in [4.78, 5) is 25.4. The van der Waals surface area contributed by atoms with Crippen molar-refractivity contribution < 1.29 is 14.3 Å². The maximum atomic E-state index is 11.5. The third kappa shape index (κ3) is 4.84. The van der Waals surface area contributed by atoms with E-state index in [2.05, 4.69) is 10.2 Å². The summed E-state index contributed by atoms with van der Waals surface area (Å²) in [5.74, 6) is -0.212. The van der Waals surface area contributed by atoms with Crippen molar-refractivity contribution in [2.24, 2.45) is 0 Å². The Kier molecular flexibility index (Phi) is 5.95. The fourth-order valence-electron chi connectivity index (χ4n) is 2.44. The highest BCUT2D eigenvalue weighted by Crippen LogP contribution is 2.28. The Morgan fingerprint density at radius 1 is 1.27 bits per heavy atom. The minimum atomic E-state index is -0.136. The van der Waals surface area contributed by atoms with Crippen molar-refractivity contribution >= 4 is 11.9 Å². The van der Waals surface area contributed by atoms with Gasteiger partial charge in [-0.2, -0.15) is 0 Å². The molecule has 0 radical (unpaired) electrons. The van der Waals surface area contributed by atoms with Crippen LogP contribution in [0.3, 0.4) is 0 Å². The Bertz CT molecular complexity index is 509. The Morgan fingerprint density at radius 2 is 1.95 bits per heavy atom. The van der Waals surface area contributed by atoms with E-state index in [0.29, 0.717) is 24.6 Å². The highest BCUT2D eigenvalue weighted by atomic mass is 16.5. The van der Waals surface area contributed by atoms with Crippen LogP contribution in [0.15, 0.2) is 24.3 Å². The molecule has 120 valence electrons. The van der Waals surface area contributed by atoms with Crippen molar-refractivity contribution in [1.29, 1.82) is 0 Å². The topological polar surface area (TPSA) is 58.6 Å². The van der Waals surface area contributed by atoms with E-state index in [1.807, 2.05) is 31.2 Å². The number of nitrogens with one attached hydrogen (secondary N) is 1. The first-order chi connectivity index (χ1) is 10.6. The van der Waals surface area contributed by atoms with Crippen LogP contribution in [0.1, 0.15) is 42.1 Å². The van der Waals surface area contributed by atoms with Gasteiger partial charge in [0.1, 0.15) is 0 Å². The normalized spacial score (nSPS) is 14.0. The second-order valence-corrected chi connectivity index (χ2v) is 5.53. The van der Waals surface area contributed by atoms with Crippen LogP contribution in [0.5, 0.6) is 0 Å². The van der Waals surface area contributed by atoms with Gasteiger partial charge in [-0.1, -0.05) is 12.1 Å². The number of hydrogen-bond donors (Lipinski definition) is 1. The van der Waals surface area contributed by atoms with Crippen LogP contribution >= 0.6 is 0 Å². The molecule has 1 saturated carbocycles. The van der Waals surface area contributed by atoms with Crippen molar-refractivity contribution in [3.8, 4) is 0 Å². The highest BCUT2D eigenvalue weighted by molar-refractivity contribution is 5.93. The van der Waals surface area contributed by atoms with Crippen molar-refractivity contribution in [1.82, 2.24) is 10.2 Å². The Balaban J connectivity index is 1.90. The molecule has 0 spiro atoms. The van der Waals surface area contributed by atoms with Gasteiger partial charge in [0.25, 0.3) is 5.91 Å². The van der Waals surface area contributed by atoms with Crippen molar-refractivity contribution in [2.75, 3.05) is 20.2 Å². The lowest BCUT2D eigenvalue weighted by Gasteiger charge is -2.21. The second kappa shape index (κ2) is 7.94. The lowest BCUT2D eigenvalue weighted by Crippen LogP contribution is -2.28. The van der Waals surface area contributed by atoms with Crippen LogP contribution in [0, 0.1) is 0 Å². The Labute approximate surface area is 131 Å². The van der Waals surface area contributed by atoms with E-state index in [1.165, 1.54) is 12.8 Å². The molecule has 0 atom stereocenters. The summed E-state index contributed by atoms with van der Waals surface area (Å²) in [6, 6.07) is 8.21. The van der Waals surface area contributed by atoms with Crippen molar-refractivity contribution in [3.05, 3.63) is 35.4 Å². The predicted octanol–water partition coefficient (Wildman–Crippen LogP) is 1.96. The minimum absolute atomic E-state index is 0.0760. The minimum Gasteiger partial charge on any atom is -0.466 e. The number of nitrogens with zero attached hydrogens (tertiary/aromatic N) is 1. The van der Waals surface area contributed by atoms with Crippen molar-refractivity contribution in [3.63, 3.8) is 0 Å². The average Bonchev–Trinajstić information content (AvgIpc) is 3.36. The van der Waals surface area contributed by atoms with Gasteiger partial charge in [0.15, 0.2) is 0 Å². The van der Waals surface area contributed by atoms with Crippen LogP contribution in [0.2, 0.25) is 0 Å². The van der Waals surface area contributed by atoms with E-state index in [4.69, 9.17) is 4.74 Å². The molecule has 5 nitrogen and oxygen atoms in total. The summed E-state index contributed by atoms with van der Waals surface area (Å²) >= 11 is 0. The zero-order valence-corrected chi connectivity index (χ0v) is 13.3. The lowest BCUT2D eigenvalue weighted by atomic mass is 10.1. The Morgan fingerprint density at radius 3 is 2.50 bits per heavy atom.